The third-order valence-corrected chi connectivity index (χ3v) is 3.29. The number of rotatable bonds is 4. The molecule has 1 heterocycles. The number of ether oxygens (including phenoxy) is 1. The average molecular weight is 321 g/mol. The van der Waals surface area contributed by atoms with Gasteiger partial charge in [0.25, 0.3) is 5.91 Å². The van der Waals surface area contributed by atoms with Gasteiger partial charge in [-0.3, -0.25) is 9.78 Å². The maximum atomic E-state index is 12.0. The van der Waals surface area contributed by atoms with Gasteiger partial charge in [0.05, 0.1) is 17.2 Å². The molecule has 3 rings (SSSR count). The first kappa shape index (κ1) is 15.6. The van der Waals surface area contributed by atoms with E-state index in [1.54, 1.807) is 24.3 Å². The molecular weight excluding hydrogens is 306 g/mol. The third kappa shape index (κ3) is 3.73. The van der Waals surface area contributed by atoms with Gasteiger partial charge in [-0.25, -0.2) is 9.78 Å². The number of nitrogens with zero attached hydrogens (tertiary/aromatic N) is 2. The number of esters is 1. The molecule has 1 N–H and O–H groups in total. The van der Waals surface area contributed by atoms with Crippen molar-refractivity contribution in [2.75, 3.05) is 11.9 Å². The monoisotopic (exact) mass is 321 g/mol. The zero-order valence-electron chi connectivity index (χ0n) is 13.0. The minimum Gasteiger partial charge on any atom is -0.451 e. The maximum absolute atomic E-state index is 12.0. The first-order valence-corrected chi connectivity index (χ1v) is 7.37. The number of benzene rings is 2. The van der Waals surface area contributed by atoms with E-state index in [0.717, 1.165) is 5.56 Å². The molecule has 0 aliphatic rings. The Labute approximate surface area is 138 Å². The Morgan fingerprint density at radius 3 is 2.67 bits per heavy atom. The molecule has 0 saturated heterocycles. The van der Waals surface area contributed by atoms with Gasteiger partial charge in [-0.1, -0.05) is 24.3 Å². The lowest BCUT2D eigenvalue weighted by Gasteiger charge is -2.07. The van der Waals surface area contributed by atoms with E-state index in [1.165, 1.54) is 6.20 Å². The van der Waals surface area contributed by atoms with Crippen LogP contribution in [0.25, 0.3) is 11.0 Å². The summed E-state index contributed by atoms with van der Waals surface area (Å²) in [5.41, 5.74) is 3.03. The summed E-state index contributed by atoms with van der Waals surface area (Å²) < 4.78 is 4.99. The molecule has 0 aliphatic heterocycles. The molecule has 0 atom stereocenters. The number of carbonyl (C=O) groups is 2. The van der Waals surface area contributed by atoms with Crippen molar-refractivity contribution in [3.8, 4) is 0 Å². The summed E-state index contributed by atoms with van der Waals surface area (Å²) in [7, 11) is 0. The Balaban J connectivity index is 1.60. The van der Waals surface area contributed by atoms with E-state index in [-0.39, 0.29) is 12.3 Å². The number of nitrogens with one attached hydrogen (secondary N) is 1. The van der Waals surface area contributed by atoms with Gasteiger partial charge in [0.2, 0.25) is 0 Å². The van der Waals surface area contributed by atoms with Gasteiger partial charge in [0, 0.05) is 5.69 Å². The molecule has 120 valence electrons. The van der Waals surface area contributed by atoms with Crippen molar-refractivity contribution in [1.82, 2.24) is 9.97 Å². The van der Waals surface area contributed by atoms with Crippen LogP contribution in [0.1, 0.15) is 16.1 Å². The number of carbonyl (C=O) groups excluding carboxylic acids is 2. The summed E-state index contributed by atoms with van der Waals surface area (Å²) in [6.07, 6.45) is 1.34. The van der Waals surface area contributed by atoms with Crippen molar-refractivity contribution in [3.05, 3.63) is 66.0 Å². The SMILES string of the molecule is Cc1cccc(NC(=O)COC(=O)c2cnc3ccccc3n2)c1. The van der Waals surface area contributed by atoms with Crippen LogP contribution in [0.2, 0.25) is 0 Å². The van der Waals surface area contributed by atoms with Crippen molar-refractivity contribution >= 4 is 28.6 Å². The van der Waals surface area contributed by atoms with Crippen molar-refractivity contribution in [3.63, 3.8) is 0 Å². The molecular formula is C18H15N3O3. The van der Waals surface area contributed by atoms with Crippen molar-refractivity contribution < 1.29 is 14.3 Å². The van der Waals surface area contributed by atoms with Crippen LogP contribution in [0.4, 0.5) is 5.69 Å². The third-order valence-electron chi connectivity index (χ3n) is 3.29. The molecule has 6 heteroatoms. The summed E-state index contributed by atoms with van der Waals surface area (Å²) >= 11 is 0. The highest BCUT2D eigenvalue weighted by Crippen LogP contribution is 2.10. The zero-order chi connectivity index (χ0) is 16.9. The molecule has 3 aromatic rings. The average Bonchev–Trinajstić information content (AvgIpc) is 2.59. The van der Waals surface area contributed by atoms with Crippen LogP contribution in [0, 0.1) is 6.92 Å². The fourth-order valence-electron chi connectivity index (χ4n) is 2.18. The van der Waals surface area contributed by atoms with Crippen molar-refractivity contribution in [2.45, 2.75) is 6.92 Å². The smallest absolute Gasteiger partial charge is 0.359 e. The van der Waals surface area contributed by atoms with Crippen LogP contribution in [0.5, 0.6) is 0 Å². The second-order valence-corrected chi connectivity index (χ2v) is 5.24. The first-order valence-electron chi connectivity index (χ1n) is 7.37. The highest BCUT2D eigenvalue weighted by Gasteiger charge is 2.13. The number of aryl methyl sites for hydroxylation is 1. The molecule has 0 aliphatic carbocycles. The minimum atomic E-state index is -0.687. The van der Waals surface area contributed by atoms with E-state index in [0.29, 0.717) is 16.7 Å². The highest BCUT2D eigenvalue weighted by molar-refractivity contribution is 5.95. The Bertz CT molecular complexity index is 909. The summed E-state index contributed by atoms with van der Waals surface area (Å²) in [5.74, 6) is -1.10. The summed E-state index contributed by atoms with van der Waals surface area (Å²) in [4.78, 5) is 32.2. The summed E-state index contributed by atoms with van der Waals surface area (Å²) in [6.45, 7) is 1.54. The number of hydrogen-bond acceptors (Lipinski definition) is 5. The molecule has 2 aromatic carbocycles. The van der Waals surface area contributed by atoms with Gasteiger partial charge in [0.15, 0.2) is 12.3 Å². The van der Waals surface area contributed by atoms with Gasteiger partial charge >= 0.3 is 5.97 Å². The number of para-hydroxylation sites is 2. The summed E-state index contributed by atoms with van der Waals surface area (Å²) in [6, 6.07) is 14.5. The standard InChI is InChI=1S/C18H15N3O3/c1-12-5-4-6-13(9-12)20-17(22)11-24-18(23)16-10-19-14-7-2-3-8-15(14)21-16/h2-10H,11H2,1H3,(H,20,22). The Hall–Kier alpha value is -3.28. The minimum absolute atomic E-state index is 0.0667. The van der Waals surface area contributed by atoms with Crippen LogP contribution >= 0.6 is 0 Å². The van der Waals surface area contributed by atoms with Crippen LogP contribution in [0.15, 0.2) is 54.7 Å². The fourth-order valence-corrected chi connectivity index (χ4v) is 2.18. The Morgan fingerprint density at radius 2 is 1.88 bits per heavy atom. The van der Waals surface area contributed by atoms with E-state index in [9.17, 15) is 9.59 Å². The molecule has 0 bridgehead atoms. The van der Waals surface area contributed by atoms with E-state index in [1.807, 2.05) is 31.2 Å². The molecule has 0 saturated carbocycles. The molecule has 0 spiro atoms. The van der Waals surface area contributed by atoms with Crippen LogP contribution in [-0.4, -0.2) is 28.5 Å². The van der Waals surface area contributed by atoms with Gasteiger partial charge in [-0.05, 0) is 36.8 Å². The van der Waals surface area contributed by atoms with Gasteiger partial charge in [-0.2, -0.15) is 0 Å². The number of amides is 1. The predicted molar refractivity (Wildman–Crippen MR) is 89.6 cm³/mol. The molecule has 0 radical (unpaired) electrons. The van der Waals surface area contributed by atoms with Crippen LogP contribution in [-0.2, 0) is 9.53 Å². The first-order chi connectivity index (χ1) is 11.6. The van der Waals surface area contributed by atoms with E-state index in [2.05, 4.69) is 15.3 Å². The molecule has 6 nitrogen and oxygen atoms in total. The lowest BCUT2D eigenvalue weighted by atomic mass is 10.2. The normalized spacial score (nSPS) is 10.4. The Morgan fingerprint density at radius 1 is 1.08 bits per heavy atom. The topological polar surface area (TPSA) is 81.2 Å². The largest absolute Gasteiger partial charge is 0.451 e. The second kappa shape index (κ2) is 6.87. The second-order valence-electron chi connectivity index (χ2n) is 5.24. The van der Waals surface area contributed by atoms with Crippen molar-refractivity contribution in [2.24, 2.45) is 0 Å². The van der Waals surface area contributed by atoms with E-state index >= 15 is 0 Å². The van der Waals surface area contributed by atoms with Gasteiger partial charge in [-0.15, -0.1) is 0 Å². The zero-order valence-corrected chi connectivity index (χ0v) is 13.0. The van der Waals surface area contributed by atoms with E-state index < -0.39 is 11.9 Å². The Kier molecular flexibility index (Phi) is 4.47. The number of anilines is 1. The lowest BCUT2D eigenvalue weighted by Crippen LogP contribution is -2.21. The number of hydrogen-bond donors (Lipinski definition) is 1. The van der Waals surface area contributed by atoms with Crippen LogP contribution < -0.4 is 5.32 Å². The summed E-state index contributed by atoms with van der Waals surface area (Å²) in [5, 5.41) is 2.67. The number of fused-ring (bicyclic) bond motifs is 1. The molecule has 0 unspecified atom stereocenters. The molecule has 24 heavy (non-hydrogen) atoms. The number of aromatic nitrogens is 2. The van der Waals surface area contributed by atoms with Gasteiger partial charge in [0.1, 0.15) is 0 Å². The van der Waals surface area contributed by atoms with E-state index in [4.69, 9.17) is 4.74 Å². The quantitative estimate of drug-likeness (QED) is 0.747. The van der Waals surface area contributed by atoms with Crippen molar-refractivity contribution in [1.29, 1.82) is 0 Å². The highest BCUT2D eigenvalue weighted by atomic mass is 16.5. The molecule has 0 fully saturated rings. The van der Waals surface area contributed by atoms with Gasteiger partial charge < -0.3 is 10.1 Å². The van der Waals surface area contributed by atoms with Crippen LogP contribution in [0.3, 0.4) is 0 Å². The molecule has 1 amide bonds. The molecule has 1 aromatic heterocycles. The predicted octanol–water partition coefficient (Wildman–Crippen LogP) is 2.73. The lowest BCUT2D eigenvalue weighted by molar-refractivity contribution is -0.119. The maximum Gasteiger partial charge on any atom is 0.359 e. The fraction of sp³-hybridized carbons (Fsp3) is 0.111.